The van der Waals surface area contributed by atoms with Crippen LogP contribution in [0.2, 0.25) is 0 Å². The molecule has 1 aliphatic rings. The van der Waals surface area contributed by atoms with Crippen LogP contribution in [0.15, 0.2) is 33.9 Å². The molecule has 0 atom stereocenters. The summed E-state index contributed by atoms with van der Waals surface area (Å²) >= 11 is 0. The molecule has 3 rings (SSSR count). The first-order valence-electron chi connectivity index (χ1n) is 7.71. The minimum Gasteiger partial charge on any atom is -0.383 e. The van der Waals surface area contributed by atoms with E-state index in [0.717, 1.165) is 10.3 Å². The maximum absolute atomic E-state index is 13.0. The summed E-state index contributed by atoms with van der Waals surface area (Å²) in [5.74, 6) is -0.0859. The van der Waals surface area contributed by atoms with Gasteiger partial charge in [0.15, 0.2) is 0 Å². The lowest BCUT2D eigenvalue weighted by molar-refractivity contribution is 0.621. The minimum atomic E-state index is -0.439. The number of aromatic nitrogens is 2. The van der Waals surface area contributed by atoms with Gasteiger partial charge in [0.2, 0.25) is 0 Å². The Morgan fingerprint density at radius 2 is 1.46 bits per heavy atom. The Labute approximate surface area is 138 Å². The van der Waals surface area contributed by atoms with E-state index in [9.17, 15) is 14.0 Å². The fourth-order valence-electron chi connectivity index (χ4n) is 2.98. The third-order valence-corrected chi connectivity index (χ3v) is 4.47. The van der Waals surface area contributed by atoms with E-state index in [2.05, 4.69) is 4.90 Å². The average molecular weight is 333 g/mol. The Bertz CT molecular complexity index is 864. The molecule has 1 fully saturated rings. The topological polar surface area (TPSA) is 76.5 Å². The molecular formula is C16H20FN5O2. The molecule has 128 valence electrons. The largest absolute Gasteiger partial charge is 0.383 e. The average Bonchev–Trinajstić information content (AvgIpc) is 2.60. The highest BCUT2D eigenvalue weighted by Gasteiger charge is 2.24. The van der Waals surface area contributed by atoms with Crippen LogP contribution in [-0.2, 0) is 14.1 Å². The van der Waals surface area contributed by atoms with Gasteiger partial charge in [0.05, 0.1) is 0 Å². The maximum Gasteiger partial charge on any atom is 0.332 e. The van der Waals surface area contributed by atoms with Crippen molar-refractivity contribution in [1.29, 1.82) is 0 Å². The zero-order valence-electron chi connectivity index (χ0n) is 13.7. The molecule has 2 N–H and O–H groups in total. The maximum atomic E-state index is 13.0. The Morgan fingerprint density at radius 3 is 2.04 bits per heavy atom. The molecule has 7 nitrogen and oxygen atoms in total. The zero-order valence-corrected chi connectivity index (χ0v) is 13.7. The lowest BCUT2D eigenvalue weighted by atomic mass is 10.2. The first-order chi connectivity index (χ1) is 11.4. The van der Waals surface area contributed by atoms with Gasteiger partial charge in [-0.05, 0) is 24.3 Å². The number of nitrogen functional groups attached to an aromatic ring is 1. The Morgan fingerprint density at radius 1 is 0.917 bits per heavy atom. The minimum absolute atomic E-state index is 0.179. The number of anilines is 3. The summed E-state index contributed by atoms with van der Waals surface area (Å²) in [6.45, 7) is 2.54. The molecule has 1 aromatic carbocycles. The molecule has 1 aromatic heterocycles. The van der Waals surface area contributed by atoms with Gasteiger partial charge in [-0.3, -0.25) is 13.9 Å². The van der Waals surface area contributed by atoms with Crippen LogP contribution in [0.1, 0.15) is 0 Å². The predicted molar refractivity (Wildman–Crippen MR) is 92.2 cm³/mol. The quantitative estimate of drug-likeness (QED) is 0.845. The third-order valence-electron chi connectivity index (χ3n) is 4.47. The van der Waals surface area contributed by atoms with Gasteiger partial charge in [0, 0.05) is 46.0 Å². The highest BCUT2D eigenvalue weighted by atomic mass is 19.1. The number of hydrogen-bond acceptors (Lipinski definition) is 5. The van der Waals surface area contributed by atoms with Crippen LogP contribution in [0.5, 0.6) is 0 Å². The molecule has 0 radical (unpaired) electrons. The van der Waals surface area contributed by atoms with Crippen LogP contribution in [-0.4, -0.2) is 35.3 Å². The summed E-state index contributed by atoms with van der Waals surface area (Å²) in [4.78, 5) is 28.3. The van der Waals surface area contributed by atoms with E-state index in [-0.39, 0.29) is 17.2 Å². The predicted octanol–water partition coefficient (Wildman–Crippen LogP) is 0.132. The number of benzene rings is 1. The summed E-state index contributed by atoms with van der Waals surface area (Å²) < 4.78 is 15.4. The van der Waals surface area contributed by atoms with Gasteiger partial charge in [0.25, 0.3) is 5.56 Å². The van der Waals surface area contributed by atoms with Crippen LogP contribution in [0.25, 0.3) is 0 Å². The van der Waals surface area contributed by atoms with Crippen LogP contribution in [0.4, 0.5) is 21.6 Å². The van der Waals surface area contributed by atoms with Crippen molar-refractivity contribution in [1.82, 2.24) is 9.13 Å². The second-order valence-electron chi connectivity index (χ2n) is 5.89. The molecule has 8 heteroatoms. The van der Waals surface area contributed by atoms with E-state index in [1.54, 1.807) is 19.2 Å². The van der Waals surface area contributed by atoms with Gasteiger partial charge < -0.3 is 15.5 Å². The van der Waals surface area contributed by atoms with Gasteiger partial charge in [-0.15, -0.1) is 0 Å². The number of halogens is 1. The zero-order chi connectivity index (χ0) is 17.4. The van der Waals surface area contributed by atoms with Crippen molar-refractivity contribution in [3.05, 3.63) is 50.9 Å². The lowest BCUT2D eigenvalue weighted by Crippen LogP contribution is -2.50. The van der Waals surface area contributed by atoms with Crippen LogP contribution < -0.4 is 26.8 Å². The van der Waals surface area contributed by atoms with E-state index in [1.807, 2.05) is 4.90 Å². The second kappa shape index (κ2) is 6.03. The number of nitrogens with zero attached hydrogens (tertiary/aromatic N) is 4. The van der Waals surface area contributed by atoms with E-state index < -0.39 is 5.69 Å². The molecule has 0 amide bonds. The number of piperazine rings is 1. The monoisotopic (exact) mass is 333 g/mol. The normalized spacial score (nSPS) is 15.0. The second-order valence-corrected chi connectivity index (χ2v) is 5.89. The van der Waals surface area contributed by atoms with Crippen molar-refractivity contribution in [2.75, 3.05) is 41.7 Å². The summed E-state index contributed by atoms with van der Waals surface area (Å²) in [6, 6.07) is 6.35. The molecular weight excluding hydrogens is 313 g/mol. The van der Waals surface area contributed by atoms with E-state index in [1.165, 1.54) is 23.7 Å². The Kier molecular flexibility index (Phi) is 4.04. The summed E-state index contributed by atoms with van der Waals surface area (Å²) in [6.07, 6.45) is 0. The summed E-state index contributed by atoms with van der Waals surface area (Å²) in [5, 5.41) is 0. The number of nitrogens with two attached hydrogens (primary N) is 1. The van der Waals surface area contributed by atoms with Gasteiger partial charge in [-0.25, -0.2) is 9.18 Å². The Hall–Kier alpha value is -2.77. The molecule has 1 saturated heterocycles. The summed E-state index contributed by atoms with van der Waals surface area (Å²) in [5.41, 5.74) is 6.48. The van der Waals surface area contributed by atoms with Crippen molar-refractivity contribution < 1.29 is 4.39 Å². The fourth-order valence-corrected chi connectivity index (χ4v) is 2.98. The van der Waals surface area contributed by atoms with Gasteiger partial charge in [-0.2, -0.15) is 0 Å². The molecule has 2 heterocycles. The molecule has 0 aliphatic carbocycles. The third kappa shape index (κ3) is 2.64. The Balaban J connectivity index is 1.84. The molecule has 24 heavy (non-hydrogen) atoms. The first-order valence-corrected chi connectivity index (χ1v) is 7.71. The molecule has 2 aromatic rings. The van der Waals surface area contributed by atoms with Crippen LogP contribution >= 0.6 is 0 Å². The molecule has 0 spiro atoms. The van der Waals surface area contributed by atoms with Crippen LogP contribution in [0.3, 0.4) is 0 Å². The first kappa shape index (κ1) is 16.1. The SMILES string of the molecule is Cn1c(N)c(N2CCN(c3ccc(F)cc3)CC2)c(=O)n(C)c1=O. The van der Waals surface area contributed by atoms with Gasteiger partial charge in [0.1, 0.15) is 17.3 Å². The number of rotatable bonds is 2. The molecule has 0 unspecified atom stereocenters. The molecule has 1 aliphatic heterocycles. The smallest absolute Gasteiger partial charge is 0.332 e. The standard InChI is InChI=1S/C16H20FN5O2/c1-19-14(18)13(15(23)20(2)16(19)24)22-9-7-21(8-10-22)12-5-3-11(17)4-6-12/h3-6H,7-10,18H2,1-2H3. The van der Waals surface area contributed by atoms with E-state index in [4.69, 9.17) is 5.73 Å². The number of hydrogen-bond donors (Lipinski definition) is 1. The fraction of sp³-hybridized carbons (Fsp3) is 0.375. The van der Waals surface area contributed by atoms with Gasteiger partial charge in [-0.1, -0.05) is 0 Å². The van der Waals surface area contributed by atoms with E-state index in [0.29, 0.717) is 31.9 Å². The van der Waals surface area contributed by atoms with Crippen molar-refractivity contribution in [2.24, 2.45) is 14.1 Å². The van der Waals surface area contributed by atoms with Crippen molar-refractivity contribution in [3.8, 4) is 0 Å². The highest BCUT2D eigenvalue weighted by molar-refractivity contribution is 5.63. The van der Waals surface area contributed by atoms with Crippen molar-refractivity contribution in [3.63, 3.8) is 0 Å². The highest BCUT2D eigenvalue weighted by Crippen LogP contribution is 2.21. The molecule has 0 bridgehead atoms. The van der Waals surface area contributed by atoms with Crippen molar-refractivity contribution in [2.45, 2.75) is 0 Å². The van der Waals surface area contributed by atoms with Gasteiger partial charge >= 0.3 is 5.69 Å². The van der Waals surface area contributed by atoms with E-state index >= 15 is 0 Å². The van der Waals surface area contributed by atoms with Crippen molar-refractivity contribution >= 4 is 17.2 Å². The molecule has 0 saturated carbocycles. The summed E-state index contributed by atoms with van der Waals surface area (Å²) in [7, 11) is 3.00. The van der Waals surface area contributed by atoms with Crippen LogP contribution in [0, 0.1) is 5.82 Å². The lowest BCUT2D eigenvalue weighted by Gasteiger charge is -2.37.